The number of rotatable bonds is 2. The average molecular weight is 369 g/mol. The first kappa shape index (κ1) is 15.9. The van der Waals surface area contributed by atoms with Gasteiger partial charge in [0.15, 0.2) is 5.58 Å². The van der Waals surface area contributed by atoms with Crippen LogP contribution in [0, 0.1) is 0 Å². The summed E-state index contributed by atoms with van der Waals surface area (Å²) in [6.07, 6.45) is 2.80. The zero-order valence-corrected chi connectivity index (χ0v) is 15.1. The van der Waals surface area contributed by atoms with Crippen LogP contribution >= 0.6 is 11.6 Å². The predicted octanol–water partition coefficient (Wildman–Crippen LogP) is 2.87. The highest BCUT2D eigenvalue weighted by Gasteiger charge is 2.28. The molecule has 26 heavy (non-hydrogen) atoms. The monoisotopic (exact) mass is 368 g/mol. The molecule has 2 aromatic carbocycles. The predicted molar refractivity (Wildman–Crippen MR) is 99.8 cm³/mol. The molecule has 1 aliphatic heterocycles. The van der Waals surface area contributed by atoms with Crippen molar-refractivity contribution in [3.05, 3.63) is 74.1 Å². The average Bonchev–Trinajstić information content (AvgIpc) is 3.14. The van der Waals surface area contributed by atoms with Gasteiger partial charge in [0.05, 0.1) is 5.56 Å². The molecule has 5 heteroatoms. The number of fused-ring (bicyclic) bond motifs is 5. The minimum absolute atomic E-state index is 0.184. The number of aryl methyl sites for hydroxylation is 1. The third-order valence-electron chi connectivity index (χ3n) is 5.46. The molecule has 0 saturated carbocycles. The lowest BCUT2D eigenvalue weighted by atomic mass is 10.0. The Morgan fingerprint density at radius 1 is 1.04 bits per heavy atom. The van der Waals surface area contributed by atoms with Crippen LogP contribution in [0.15, 0.2) is 45.6 Å². The molecule has 0 amide bonds. The number of ether oxygens (including phenoxy) is 1. The fourth-order valence-electron chi connectivity index (χ4n) is 4.19. The molecule has 0 spiro atoms. The molecule has 5 rings (SSSR count). The van der Waals surface area contributed by atoms with E-state index < -0.39 is 0 Å². The summed E-state index contributed by atoms with van der Waals surface area (Å²) in [5.74, 6) is 0.821. The lowest BCUT2D eigenvalue weighted by Gasteiger charge is -2.27. The summed E-state index contributed by atoms with van der Waals surface area (Å²) in [5.41, 5.74) is 4.62. The highest BCUT2D eigenvalue weighted by Crippen LogP contribution is 2.34. The largest absolute Gasteiger partial charge is 0.445 e. The summed E-state index contributed by atoms with van der Waals surface area (Å²) < 4.78 is 11.7. The molecule has 1 unspecified atom stereocenters. The van der Waals surface area contributed by atoms with E-state index in [0.717, 1.165) is 70.8 Å². The molecule has 1 aliphatic carbocycles. The van der Waals surface area contributed by atoms with Crippen molar-refractivity contribution < 1.29 is 14.1 Å². The second kappa shape index (κ2) is 6.15. The lowest BCUT2D eigenvalue weighted by molar-refractivity contribution is -0.945. The maximum Gasteiger partial charge on any atom is 0.339 e. The molecule has 2 heterocycles. The maximum atomic E-state index is 12.4. The number of quaternary nitrogens is 1. The molecular formula is C21H19ClNO3+. The van der Waals surface area contributed by atoms with E-state index in [1.807, 2.05) is 36.4 Å². The second-order valence-electron chi connectivity index (χ2n) is 7.10. The van der Waals surface area contributed by atoms with Crippen LogP contribution in [0.25, 0.3) is 11.0 Å². The second-order valence-corrected chi connectivity index (χ2v) is 7.51. The van der Waals surface area contributed by atoms with Crippen molar-refractivity contribution in [3.8, 4) is 5.75 Å². The Hall–Kier alpha value is -2.30. The van der Waals surface area contributed by atoms with Crippen molar-refractivity contribution in [1.82, 2.24) is 0 Å². The van der Waals surface area contributed by atoms with E-state index in [4.69, 9.17) is 20.8 Å². The van der Waals surface area contributed by atoms with E-state index in [1.54, 1.807) is 0 Å². The molecule has 132 valence electrons. The number of hydrogen-bond donors (Lipinski definition) is 1. The Morgan fingerprint density at radius 2 is 1.88 bits per heavy atom. The fraction of sp³-hybridized carbons (Fsp3) is 0.286. The van der Waals surface area contributed by atoms with Gasteiger partial charge in [-0.3, -0.25) is 4.90 Å². The minimum atomic E-state index is -0.184. The molecule has 1 atom stereocenters. The smallest absolute Gasteiger partial charge is 0.339 e. The molecular weight excluding hydrogens is 350 g/mol. The van der Waals surface area contributed by atoms with Crippen molar-refractivity contribution in [2.24, 2.45) is 0 Å². The molecule has 0 fully saturated rings. The molecule has 1 aromatic heterocycles. The first-order valence-corrected chi connectivity index (χ1v) is 9.39. The van der Waals surface area contributed by atoms with Crippen LogP contribution in [-0.4, -0.2) is 6.73 Å². The van der Waals surface area contributed by atoms with E-state index in [0.29, 0.717) is 12.3 Å². The van der Waals surface area contributed by atoms with Gasteiger partial charge in [-0.1, -0.05) is 29.8 Å². The van der Waals surface area contributed by atoms with E-state index in [9.17, 15) is 4.79 Å². The van der Waals surface area contributed by atoms with Crippen LogP contribution < -0.4 is 15.3 Å². The Labute approximate surface area is 155 Å². The van der Waals surface area contributed by atoms with Gasteiger partial charge in [-0.15, -0.1) is 0 Å². The van der Waals surface area contributed by atoms with Gasteiger partial charge < -0.3 is 9.15 Å². The van der Waals surface area contributed by atoms with Crippen molar-refractivity contribution in [3.63, 3.8) is 0 Å². The van der Waals surface area contributed by atoms with Crippen molar-refractivity contribution >= 4 is 22.6 Å². The van der Waals surface area contributed by atoms with Gasteiger partial charge in [0.25, 0.3) is 0 Å². The summed E-state index contributed by atoms with van der Waals surface area (Å²) in [6.45, 7) is 2.09. The molecule has 2 aliphatic rings. The SMILES string of the molecule is O=c1oc2c3c(ccc2c2c1CCC2)OC[NH+](Cc1ccccc1Cl)C3. The van der Waals surface area contributed by atoms with Gasteiger partial charge in [0.1, 0.15) is 18.8 Å². The Kier molecular flexibility index (Phi) is 3.76. The Bertz CT molecular complexity index is 1070. The molecule has 1 N–H and O–H groups in total. The third kappa shape index (κ3) is 2.52. The quantitative estimate of drug-likeness (QED) is 0.707. The van der Waals surface area contributed by atoms with Crippen LogP contribution in [0.4, 0.5) is 0 Å². The highest BCUT2D eigenvalue weighted by molar-refractivity contribution is 6.31. The first-order chi connectivity index (χ1) is 12.7. The lowest BCUT2D eigenvalue weighted by Crippen LogP contribution is -3.10. The van der Waals surface area contributed by atoms with Gasteiger partial charge in [-0.2, -0.15) is 0 Å². The Morgan fingerprint density at radius 3 is 2.77 bits per heavy atom. The molecule has 0 bridgehead atoms. The number of halogens is 1. The van der Waals surface area contributed by atoms with E-state index in [2.05, 4.69) is 0 Å². The first-order valence-electron chi connectivity index (χ1n) is 9.01. The fourth-order valence-corrected chi connectivity index (χ4v) is 4.40. The van der Waals surface area contributed by atoms with E-state index in [-0.39, 0.29) is 5.63 Å². The van der Waals surface area contributed by atoms with Gasteiger partial charge in [0.2, 0.25) is 6.73 Å². The molecule has 4 nitrogen and oxygen atoms in total. The van der Waals surface area contributed by atoms with Crippen molar-refractivity contribution in [2.75, 3.05) is 6.73 Å². The van der Waals surface area contributed by atoms with E-state index >= 15 is 0 Å². The van der Waals surface area contributed by atoms with Crippen LogP contribution in [0.3, 0.4) is 0 Å². The van der Waals surface area contributed by atoms with Crippen LogP contribution in [-0.2, 0) is 25.9 Å². The normalized spacial score (nSPS) is 18.4. The molecule has 3 aromatic rings. The summed E-state index contributed by atoms with van der Waals surface area (Å²) in [4.78, 5) is 13.6. The van der Waals surface area contributed by atoms with Gasteiger partial charge in [0, 0.05) is 21.5 Å². The zero-order chi connectivity index (χ0) is 17.7. The zero-order valence-electron chi connectivity index (χ0n) is 14.3. The van der Waals surface area contributed by atoms with Gasteiger partial charge in [-0.25, -0.2) is 4.79 Å². The summed E-state index contributed by atoms with van der Waals surface area (Å²) in [6, 6.07) is 11.9. The van der Waals surface area contributed by atoms with E-state index in [1.165, 1.54) is 4.90 Å². The summed E-state index contributed by atoms with van der Waals surface area (Å²) >= 11 is 6.31. The standard InChI is InChI=1S/C21H18ClNO3/c22-18-7-2-1-4-13(18)10-23-11-17-19(25-12-23)9-8-15-14-5-3-6-16(14)21(24)26-20(15)17/h1-2,4,7-9H,3,5-6,10-12H2/p+1. The third-order valence-corrected chi connectivity index (χ3v) is 5.83. The van der Waals surface area contributed by atoms with Gasteiger partial charge in [-0.05, 0) is 43.0 Å². The number of hydrogen-bond acceptors (Lipinski definition) is 3. The minimum Gasteiger partial charge on any atom is -0.445 e. The highest BCUT2D eigenvalue weighted by atomic mass is 35.5. The van der Waals surface area contributed by atoms with Crippen molar-refractivity contribution in [2.45, 2.75) is 32.4 Å². The Balaban J connectivity index is 1.56. The summed E-state index contributed by atoms with van der Waals surface area (Å²) in [5, 5.41) is 1.84. The van der Waals surface area contributed by atoms with Crippen LogP contribution in [0.2, 0.25) is 5.02 Å². The number of benzene rings is 2. The van der Waals surface area contributed by atoms with Crippen LogP contribution in [0.5, 0.6) is 5.75 Å². The van der Waals surface area contributed by atoms with Gasteiger partial charge >= 0.3 is 5.63 Å². The molecule has 0 saturated heterocycles. The number of nitrogens with one attached hydrogen (secondary N) is 1. The molecule has 0 radical (unpaired) electrons. The van der Waals surface area contributed by atoms with Crippen LogP contribution in [0.1, 0.15) is 28.7 Å². The topological polar surface area (TPSA) is 43.9 Å². The summed E-state index contributed by atoms with van der Waals surface area (Å²) in [7, 11) is 0. The maximum absolute atomic E-state index is 12.4. The van der Waals surface area contributed by atoms with Crippen molar-refractivity contribution in [1.29, 1.82) is 0 Å².